The molecule has 0 bridgehead atoms. The maximum absolute atomic E-state index is 11.6. The molecule has 3 aromatic rings. The summed E-state index contributed by atoms with van der Waals surface area (Å²) in [6.07, 6.45) is 1.92. The number of H-pyrrole nitrogens is 1. The largest absolute Gasteiger partial charge is 0.322 e. The molecule has 2 nitrogen and oxygen atoms in total. The summed E-state index contributed by atoms with van der Waals surface area (Å²) in [6.45, 7) is 6.04. The quantitative estimate of drug-likeness (QED) is 0.754. The van der Waals surface area contributed by atoms with Gasteiger partial charge in [-0.05, 0) is 60.1 Å². The maximum Gasteiger partial charge on any atom is 0.251 e. The van der Waals surface area contributed by atoms with Crippen molar-refractivity contribution in [2.24, 2.45) is 0 Å². The summed E-state index contributed by atoms with van der Waals surface area (Å²) in [7, 11) is 0. The van der Waals surface area contributed by atoms with E-state index in [0.717, 1.165) is 40.4 Å². The van der Waals surface area contributed by atoms with E-state index in [9.17, 15) is 4.79 Å². The molecule has 0 saturated heterocycles. The van der Waals surface area contributed by atoms with E-state index in [1.165, 1.54) is 5.56 Å². The molecule has 0 aliphatic heterocycles. The zero-order chi connectivity index (χ0) is 15.5. The summed E-state index contributed by atoms with van der Waals surface area (Å²) in [4.78, 5) is 14.5. The Labute approximate surface area is 130 Å². The predicted molar refractivity (Wildman–Crippen MR) is 93.1 cm³/mol. The minimum absolute atomic E-state index is 0.0249. The lowest BCUT2D eigenvalue weighted by Gasteiger charge is -2.08. The van der Waals surface area contributed by atoms with Crippen molar-refractivity contribution in [1.82, 2.24) is 4.98 Å². The van der Waals surface area contributed by atoms with Crippen LogP contribution in [0.1, 0.15) is 23.1 Å². The molecule has 0 unspecified atom stereocenters. The van der Waals surface area contributed by atoms with E-state index in [-0.39, 0.29) is 5.56 Å². The first-order valence-electron chi connectivity index (χ1n) is 7.49. The van der Waals surface area contributed by atoms with Crippen LogP contribution in [0.15, 0.2) is 66.0 Å². The van der Waals surface area contributed by atoms with Gasteiger partial charge in [0.1, 0.15) is 0 Å². The first-order chi connectivity index (χ1) is 10.6. The second kappa shape index (κ2) is 6.02. The average molecular weight is 289 g/mol. The van der Waals surface area contributed by atoms with Gasteiger partial charge < -0.3 is 4.98 Å². The molecule has 22 heavy (non-hydrogen) atoms. The second-order valence-electron chi connectivity index (χ2n) is 5.67. The number of aromatic amines is 1. The fourth-order valence-electron chi connectivity index (χ4n) is 2.62. The second-order valence-corrected chi connectivity index (χ2v) is 5.67. The van der Waals surface area contributed by atoms with Crippen LogP contribution >= 0.6 is 0 Å². The van der Waals surface area contributed by atoms with E-state index in [4.69, 9.17) is 0 Å². The van der Waals surface area contributed by atoms with E-state index in [2.05, 4.69) is 41.9 Å². The molecule has 2 heteroatoms. The fourth-order valence-corrected chi connectivity index (χ4v) is 2.62. The Morgan fingerprint density at radius 1 is 1.09 bits per heavy atom. The standard InChI is InChI=1S/C20H19NO/c1-14(8-9-16-6-4-3-5-7-16)17-10-11-19-18(13-17)12-15(2)20(22)21-19/h3-7,10-13H,1,8-9H2,2H3,(H,21,22). The van der Waals surface area contributed by atoms with Gasteiger partial charge in [-0.15, -0.1) is 0 Å². The number of fused-ring (bicyclic) bond motifs is 1. The monoisotopic (exact) mass is 289 g/mol. The third-order valence-electron chi connectivity index (χ3n) is 4.00. The minimum atomic E-state index is -0.0249. The van der Waals surface area contributed by atoms with Gasteiger partial charge in [-0.1, -0.05) is 43.0 Å². The van der Waals surface area contributed by atoms with Gasteiger partial charge in [0.2, 0.25) is 0 Å². The summed E-state index contributed by atoms with van der Waals surface area (Å²) >= 11 is 0. The van der Waals surface area contributed by atoms with Crippen molar-refractivity contribution in [2.45, 2.75) is 19.8 Å². The van der Waals surface area contributed by atoms with Gasteiger partial charge in [0, 0.05) is 11.1 Å². The van der Waals surface area contributed by atoms with Gasteiger partial charge in [0.15, 0.2) is 0 Å². The van der Waals surface area contributed by atoms with E-state index in [0.29, 0.717) is 0 Å². The van der Waals surface area contributed by atoms with Gasteiger partial charge in [-0.2, -0.15) is 0 Å². The lowest BCUT2D eigenvalue weighted by Crippen LogP contribution is -2.08. The van der Waals surface area contributed by atoms with Gasteiger partial charge in [-0.3, -0.25) is 4.79 Å². The Hall–Kier alpha value is -2.61. The Morgan fingerprint density at radius 3 is 2.64 bits per heavy atom. The van der Waals surface area contributed by atoms with Crippen LogP contribution in [0.2, 0.25) is 0 Å². The molecule has 1 N–H and O–H groups in total. The SMILES string of the molecule is C=C(CCc1ccccc1)c1ccc2[nH]c(=O)c(C)cc2c1. The van der Waals surface area contributed by atoms with Crippen molar-refractivity contribution in [3.8, 4) is 0 Å². The number of aryl methyl sites for hydroxylation is 2. The smallest absolute Gasteiger partial charge is 0.251 e. The van der Waals surface area contributed by atoms with Crippen LogP contribution in [-0.2, 0) is 6.42 Å². The normalized spacial score (nSPS) is 10.8. The summed E-state index contributed by atoms with van der Waals surface area (Å²) in [6, 6.07) is 18.5. The molecule has 0 spiro atoms. The molecule has 0 aliphatic carbocycles. The third-order valence-corrected chi connectivity index (χ3v) is 4.00. The van der Waals surface area contributed by atoms with Crippen molar-refractivity contribution in [1.29, 1.82) is 0 Å². The molecular formula is C20H19NO. The van der Waals surface area contributed by atoms with E-state index >= 15 is 0 Å². The molecule has 0 saturated carbocycles. The van der Waals surface area contributed by atoms with Crippen LogP contribution in [-0.4, -0.2) is 4.98 Å². The Bertz CT molecular complexity index is 875. The highest BCUT2D eigenvalue weighted by Gasteiger charge is 2.04. The van der Waals surface area contributed by atoms with Crippen LogP contribution in [0.4, 0.5) is 0 Å². The van der Waals surface area contributed by atoms with E-state index in [1.54, 1.807) is 0 Å². The number of hydrogen-bond donors (Lipinski definition) is 1. The van der Waals surface area contributed by atoms with Crippen LogP contribution < -0.4 is 5.56 Å². The van der Waals surface area contributed by atoms with Crippen molar-refractivity contribution in [3.63, 3.8) is 0 Å². The molecule has 110 valence electrons. The predicted octanol–water partition coefficient (Wildman–Crippen LogP) is 4.48. The van der Waals surface area contributed by atoms with Crippen molar-refractivity contribution in [3.05, 3.63) is 88.2 Å². The summed E-state index contributed by atoms with van der Waals surface area (Å²) in [5.74, 6) is 0. The summed E-state index contributed by atoms with van der Waals surface area (Å²) < 4.78 is 0. The van der Waals surface area contributed by atoms with Gasteiger partial charge in [-0.25, -0.2) is 0 Å². The van der Waals surface area contributed by atoms with E-state index in [1.807, 2.05) is 31.2 Å². The van der Waals surface area contributed by atoms with Gasteiger partial charge >= 0.3 is 0 Å². The molecule has 0 atom stereocenters. The fraction of sp³-hybridized carbons (Fsp3) is 0.150. The van der Waals surface area contributed by atoms with Gasteiger partial charge in [0.25, 0.3) is 5.56 Å². The number of aromatic nitrogens is 1. The minimum Gasteiger partial charge on any atom is -0.322 e. The molecule has 0 radical (unpaired) electrons. The summed E-state index contributed by atoms with van der Waals surface area (Å²) in [5.41, 5.74) is 5.16. The maximum atomic E-state index is 11.6. The lowest BCUT2D eigenvalue weighted by molar-refractivity contribution is 1.02. The number of nitrogens with one attached hydrogen (secondary N) is 1. The first kappa shape index (κ1) is 14.3. The molecule has 1 aromatic heterocycles. The van der Waals surface area contributed by atoms with E-state index < -0.39 is 0 Å². The average Bonchev–Trinajstić information content (AvgIpc) is 2.54. The van der Waals surface area contributed by atoms with Crippen LogP contribution in [0.25, 0.3) is 16.5 Å². The molecule has 0 amide bonds. The number of benzene rings is 2. The number of pyridine rings is 1. The Morgan fingerprint density at radius 2 is 1.86 bits per heavy atom. The number of hydrogen-bond acceptors (Lipinski definition) is 1. The van der Waals surface area contributed by atoms with Crippen molar-refractivity contribution in [2.75, 3.05) is 0 Å². The van der Waals surface area contributed by atoms with Crippen LogP contribution in [0.5, 0.6) is 0 Å². The topological polar surface area (TPSA) is 32.9 Å². The van der Waals surface area contributed by atoms with Crippen molar-refractivity contribution >= 4 is 16.5 Å². The zero-order valence-electron chi connectivity index (χ0n) is 12.7. The number of rotatable bonds is 4. The highest BCUT2D eigenvalue weighted by molar-refractivity contribution is 5.83. The van der Waals surface area contributed by atoms with Crippen LogP contribution in [0, 0.1) is 6.92 Å². The highest BCUT2D eigenvalue weighted by atomic mass is 16.1. The Kier molecular flexibility index (Phi) is 3.92. The zero-order valence-corrected chi connectivity index (χ0v) is 12.7. The molecule has 0 fully saturated rings. The first-order valence-corrected chi connectivity index (χ1v) is 7.49. The number of allylic oxidation sites excluding steroid dienone is 1. The molecule has 2 aromatic carbocycles. The molecule has 0 aliphatic rings. The molecule has 1 heterocycles. The Balaban J connectivity index is 1.82. The van der Waals surface area contributed by atoms with Gasteiger partial charge in [0.05, 0.1) is 0 Å². The lowest BCUT2D eigenvalue weighted by atomic mass is 9.98. The third kappa shape index (κ3) is 3.01. The van der Waals surface area contributed by atoms with Crippen molar-refractivity contribution < 1.29 is 0 Å². The molecule has 3 rings (SSSR count). The molecular weight excluding hydrogens is 270 g/mol. The highest BCUT2D eigenvalue weighted by Crippen LogP contribution is 2.22. The van der Waals surface area contributed by atoms with Crippen LogP contribution in [0.3, 0.4) is 0 Å². The summed E-state index contributed by atoms with van der Waals surface area (Å²) in [5, 5.41) is 1.05.